The average Bonchev–Trinajstić information content (AvgIpc) is 2.40. The molecule has 1 unspecified atom stereocenters. The highest BCUT2D eigenvalue weighted by Gasteiger charge is 2.06. The molecule has 0 aliphatic rings. The molecule has 0 saturated carbocycles. The molecule has 0 aliphatic heterocycles. The molecule has 18 heavy (non-hydrogen) atoms. The Bertz CT molecular complexity index is 305. The molecule has 1 aromatic carbocycles. The van der Waals surface area contributed by atoms with E-state index in [0.29, 0.717) is 6.04 Å². The van der Waals surface area contributed by atoms with Crippen molar-refractivity contribution in [2.24, 2.45) is 0 Å². The summed E-state index contributed by atoms with van der Waals surface area (Å²) in [5.74, 6) is 0. The molecular formula is C17H27N. The first kappa shape index (κ1) is 15.0. The van der Waals surface area contributed by atoms with Gasteiger partial charge in [0.05, 0.1) is 0 Å². The number of nitrogens with one attached hydrogen (secondary N) is 1. The van der Waals surface area contributed by atoms with Crippen molar-refractivity contribution >= 4 is 0 Å². The van der Waals surface area contributed by atoms with Gasteiger partial charge >= 0.3 is 0 Å². The van der Waals surface area contributed by atoms with Crippen molar-refractivity contribution < 1.29 is 0 Å². The zero-order valence-corrected chi connectivity index (χ0v) is 11.7. The maximum Gasteiger partial charge on any atom is 0.00671 e. The molecule has 1 aromatic rings. The minimum atomic E-state index is 0.679. The summed E-state index contributed by atoms with van der Waals surface area (Å²) in [4.78, 5) is 0. The van der Waals surface area contributed by atoms with Crippen LogP contribution in [0.4, 0.5) is 0 Å². The van der Waals surface area contributed by atoms with E-state index in [4.69, 9.17) is 0 Å². The number of unbranched alkanes of at least 4 members (excludes halogenated alkanes) is 1. The highest BCUT2D eigenvalue weighted by molar-refractivity contribution is 5.14. The molecule has 0 heterocycles. The standard InChI is InChI=1S/C17H27N/c1-3-5-7-14-17(18-4-2)15-10-13-16-11-8-6-9-12-16/h3,6,8-9,11-12,17-18H,1,4-5,7,10,13-15H2,2H3. The smallest absolute Gasteiger partial charge is 0.00671 e. The van der Waals surface area contributed by atoms with E-state index in [2.05, 4.69) is 49.2 Å². The van der Waals surface area contributed by atoms with Gasteiger partial charge in [0, 0.05) is 6.04 Å². The monoisotopic (exact) mass is 245 g/mol. The summed E-state index contributed by atoms with van der Waals surface area (Å²) in [6.07, 6.45) is 9.44. The van der Waals surface area contributed by atoms with Crippen molar-refractivity contribution in [3.63, 3.8) is 0 Å². The van der Waals surface area contributed by atoms with E-state index in [1.807, 2.05) is 6.08 Å². The molecule has 0 aromatic heterocycles. The molecule has 0 bridgehead atoms. The third kappa shape index (κ3) is 6.61. The number of hydrogen-bond donors (Lipinski definition) is 1. The molecule has 1 N–H and O–H groups in total. The Morgan fingerprint density at radius 2 is 1.89 bits per heavy atom. The molecule has 100 valence electrons. The van der Waals surface area contributed by atoms with Crippen LogP contribution in [-0.2, 0) is 6.42 Å². The Labute approximate surface area is 112 Å². The van der Waals surface area contributed by atoms with E-state index in [1.54, 1.807) is 0 Å². The Balaban J connectivity index is 2.22. The number of benzene rings is 1. The second kappa shape index (κ2) is 9.90. The first-order valence-corrected chi connectivity index (χ1v) is 7.25. The van der Waals surface area contributed by atoms with Gasteiger partial charge in [-0.05, 0) is 50.6 Å². The van der Waals surface area contributed by atoms with Crippen LogP contribution in [0.25, 0.3) is 0 Å². The molecule has 1 atom stereocenters. The summed E-state index contributed by atoms with van der Waals surface area (Å²) in [6.45, 7) is 7.05. The minimum Gasteiger partial charge on any atom is -0.314 e. The van der Waals surface area contributed by atoms with E-state index in [-0.39, 0.29) is 0 Å². The third-order valence-corrected chi connectivity index (χ3v) is 3.31. The van der Waals surface area contributed by atoms with E-state index in [9.17, 15) is 0 Å². The van der Waals surface area contributed by atoms with Crippen molar-refractivity contribution in [2.45, 2.75) is 51.5 Å². The van der Waals surface area contributed by atoms with Crippen molar-refractivity contribution in [1.29, 1.82) is 0 Å². The number of aryl methyl sites for hydroxylation is 1. The zero-order chi connectivity index (χ0) is 13.1. The van der Waals surface area contributed by atoms with Crippen LogP contribution in [0.15, 0.2) is 43.0 Å². The van der Waals surface area contributed by atoms with Crippen molar-refractivity contribution in [3.05, 3.63) is 48.6 Å². The number of hydrogen-bond acceptors (Lipinski definition) is 1. The van der Waals surface area contributed by atoms with Gasteiger partial charge in [0.2, 0.25) is 0 Å². The van der Waals surface area contributed by atoms with Crippen LogP contribution in [0.3, 0.4) is 0 Å². The third-order valence-electron chi connectivity index (χ3n) is 3.31. The van der Waals surface area contributed by atoms with Crippen LogP contribution < -0.4 is 5.32 Å². The summed E-state index contributed by atoms with van der Waals surface area (Å²) in [7, 11) is 0. The van der Waals surface area contributed by atoms with Crippen LogP contribution in [-0.4, -0.2) is 12.6 Å². The molecule has 0 spiro atoms. The van der Waals surface area contributed by atoms with Crippen LogP contribution >= 0.6 is 0 Å². The lowest BCUT2D eigenvalue weighted by Crippen LogP contribution is -2.28. The predicted molar refractivity (Wildman–Crippen MR) is 80.9 cm³/mol. The van der Waals surface area contributed by atoms with Gasteiger partial charge in [-0.2, -0.15) is 0 Å². The van der Waals surface area contributed by atoms with E-state index < -0.39 is 0 Å². The zero-order valence-electron chi connectivity index (χ0n) is 11.7. The molecule has 0 saturated heterocycles. The highest BCUT2D eigenvalue weighted by Crippen LogP contribution is 2.11. The lowest BCUT2D eigenvalue weighted by atomic mass is 10.0. The highest BCUT2D eigenvalue weighted by atomic mass is 14.9. The molecule has 0 fully saturated rings. The first-order chi connectivity index (χ1) is 8.86. The summed E-state index contributed by atoms with van der Waals surface area (Å²) in [6, 6.07) is 11.5. The molecule has 1 rings (SSSR count). The molecule has 0 amide bonds. The summed E-state index contributed by atoms with van der Waals surface area (Å²) in [5.41, 5.74) is 1.46. The van der Waals surface area contributed by atoms with Gasteiger partial charge in [0.1, 0.15) is 0 Å². The second-order valence-electron chi connectivity index (χ2n) is 4.85. The maximum atomic E-state index is 3.78. The quantitative estimate of drug-likeness (QED) is 0.477. The van der Waals surface area contributed by atoms with Crippen molar-refractivity contribution in [2.75, 3.05) is 6.54 Å². The second-order valence-corrected chi connectivity index (χ2v) is 4.85. The molecular weight excluding hydrogens is 218 g/mol. The van der Waals surface area contributed by atoms with Crippen LogP contribution in [0.2, 0.25) is 0 Å². The fourth-order valence-corrected chi connectivity index (χ4v) is 2.34. The summed E-state index contributed by atoms with van der Waals surface area (Å²) >= 11 is 0. The van der Waals surface area contributed by atoms with E-state index in [1.165, 1.54) is 37.7 Å². The SMILES string of the molecule is C=CCCCC(CCCc1ccccc1)NCC. The summed E-state index contributed by atoms with van der Waals surface area (Å²) < 4.78 is 0. The fraction of sp³-hybridized carbons (Fsp3) is 0.529. The van der Waals surface area contributed by atoms with Crippen LogP contribution in [0.1, 0.15) is 44.6 Å². The molecule has 1 nitrogen and oxygen atoms in total. The van der Waals surface area contributed by atoms with Crippen molar-refractivity contribution in [3.8, 4) is 0 Å². The topological polar surface area (TPSA) is 12.0 Å². The number of rotatable bonds is 10. The predicted octanol–water partition coefficient (Wildman–Crippen LogP) is 4.34. The number of allylic oxidation sites excluding steroid dienone is 1. The maximum absolute atomic E-state index is 3.78. The van der Waals surface area contributed by atoms with E-state index in [0.717, 1.165) is 13.0 Å². The largest absolute Gasteiger partial charge is 0.314 e. The Morgan fingerprint density at radius 3 is 2.56 bits per heavy atom. The molecule has 0 aliphatic carbocycles. The molecule has 0 radical (unpaired) electrons. The van der Waals surface area contributed by atoms with Gasteiger partial charge in [-0.1, -0.05) is 43.3 Å². The van der Waals surface area contributed by atoms with Gasteiger partial charge in [-0.25, -0.2) is 0 Å². The fourth-order valence-electron chi connectivity index (χ4n) is 2.34. The van der Waals surface area contributed by atoms with E-state index >= 15 is 0 Å². The lowest BCUT2D eigenvalue weighted by molar-refractivity contribution is 0.442. The first-order valence-electron chi connectivity index (χ1n) is 7.25. The molecule has 1 heteroatoms. The van der Waals surface area contributed by atoms with Gasteiger partial charge < -0.3 is 5.32 Å². The Morgan fingerprint density at radius 1 is 1.17 bits per heavy atom. The minimum absolute atomic E-state index is 0.679. The average molecular weight is 245 g/mol. The van der Waals surface area contributed by atoms with Crippen LogP contribution in [0.5, 0.6) is 0 Å². The summed E-state index contributed by atoms with van der Waals surface area (Å²) in [5, 5.41) is 3.59. The normalized spacial score (nSPS) is 12.3. The Hall–Kier alpha value is -1.08. The van der Waals surface area contributed by atoms with Gasteiger partial charge in [0.25, 0.3) is 0 Å². The van der Waals surface area contributed by atoms with Crippen LogP contribution in [0, 0.1) is 0 Å². The Kier molecular flexibility index (Phi) is 8.24. The van der Waals surface area contributed by atoms with Gasteiger partial charge in [-0.15, -0.1) is 6.58 Å². The van der Waals surface area contributed by atoms with Crippen molar-refractivity contribution in [1.82, 2.24) is 5.32 Å². The lowest BCUT2D eigenvalue weighted by Gasteiger charge is -2.17. The van der Waals surface area contributed by atoms with Gasteiger partial charge in [0.15, 0.2) is 0 Å². The van der Waals surface area contributed by atoms with Gasteiger partial charge in [-0.3, -0.25) is 0 Å².